The summed E-state index contributed by atoms with van der Waals surface area (Å²) < 4.78 is 12.3. The van der Waals surface area contributed by atoms with Crippen LogP contribution < -0.4 is 0 Å². The lowest BCUT2D eigenvalue weighted by Gasteiger charge is -2.46. The summed E-state index contributed by atoms with van der Waals surface area (Å²) in [5.74, 6) is 0.736. The first kappa shape index (κ1) is 20.0. The number of hydrogen-bond acceptors (Lipinski definition) is 5. The lowest BCUT2D eigenvalue weighted by molar-refractivity contribution is -0.130. The normalized spacial score (nSPS) is 22.5. The van der Waals surface area contributed by atoms with E-state index in [-0.39, 0.29) is 5.60 Å². The number of ether oxygens (including phenoxy) is 2. The Labute approximate surface area is 172 Å². The lowest BCUT2D eigenvalue weighted by atomic mass is 9.78. The molecule has 5 heteroatoms. The number of aromatic nitrogens is 1. The molecule has 1 unspecified atom stereocenters. The number of rotatable bonds is 7. The molecule has 4 nitrogen and oxygen atoms in total. The van der Waals surface area contributed by atoms with Crippen LogP contribution in [0.4, 0.5) is 0 Å². The minimum atomic E-state index is 0.113. The van der Waals surface area contributed by atoms with Crippen molar-refractivity contribution in [3.8, 4) is 0 Å². The van der Waals surface area contributed by atoms with Gasteiger partial charge in [-0.15, -0.1) is 11.3 Å². The molecule has 2 aliphatic rings. The Kier molecular flexibility index (Phi) is 6.78. The minimum absolute atomic E-state index is 0.113. The van der Waals surface area contributed by atoms with E-state index >= 15 is 0 Å². The van der Waals surface area contributed by atoms with Crippen molar-refractivity contribution in [3.05, 3.63) is 52.0 Å². The fraction of sp³-hybridized carbons (Fsp3) is 0.609. The molecule has 0 bridgehead atoms. The molecule has 2 aromatic rings. The summed E-state index contributed by atoms with van der Waals surface area (Å²) in [5.41, 5.74) is 4.52. The fourth-order valence-electron chi connectivity index (χ4n) is 4.54. The maximum absolute atomic E-state index is 6.34. The molecule has 2 aliphatic heterocycles. The van der Waals surface area contributed by atoms with Crippen molar-refractivity contribution in [2.45, 2.75) is 57.8 Å². The van der Waals surface area contributed by atoms with E-state index < -0.39 is 0 Å². The van der Waals surface area contributed by atoms with Gasteiger partial charge in [0.2, 0.25) is 0 Å². The monoisotopic (exact) mass is 400 g/mol. The van der Waals surface area contributed by atoms with Gasteiger partial charge in [-0.25, -0.2) is 4.98 Å². The number of piperidine rings is 1. The fourth-order valence-corrected chi connectivity index (χ4v) is 5.36. The maximum atomic E-state index is 6.34. The first-order valence-electron chi connectivity index (χ1n) is 10.6. The average molecular weight is 401 g/mol. The molecule has 1 aromatic carbocycles. The van der Waals surface area contributed by atoms with Gasteiger partial charge in [0.25, 0.3) is 0 Å². The molecule has 0 saturated carbocycles. The van der Waals surface area contributed by atoms with Crippen LogP contribution in [-0.4, -0.2) is 41.8 Å². The molecule has 1 aromatic heterocycles. The van der Waals surface area contributed by atoms with E-state index in [1.54, 1.807) is 11.3 Å². The number of nitrogens with zero attached hydrogens (tertiary/aromatic N) is 2. The smallest absolute Gasteiger partial charge is 0.0798 e. The van der Waals surface area contributed by atoms with Crippen molar-refractivity contribution < 1.29 is 9.47 Å². The molecule has 0 amide bonds. The van der Waals surface area contributed by atoms with Crippen LogP contribution in [-0.2, 0) is 22.6 Å². The predicted octanol–water partition coefficient (Wildman–Crippen LogP) is 4.82. The van der Waals surface area contributed by atoms with Gasteiger partial charge in [-0.05, 0) is 50.5 Å². The van der Waals surface area contributed by atoms with Crippen LogP contribution in [0, 0.1) is 12.8 Å². The van der Waals surface area contributed by atoms with Gasteiger partial charge in [0, 0.05) is 37.7 Å². The summed E-state index contributed by atoms with van der Waals surface area (Å²) in [5, 5.41) is 0. The van der Waals surface area contributed by atoms with Crippen molar-refractivity contribution in [2.24, 2.45) is 5.92 Å². The number of thiazole rings is 1. The van der Waals surface area contributed by atoms with Crippen molar-refractivity contribution in [2.75, 3.05) is 26.3 Å². The Bertz CT molecular complexity index is 725. The molecule has 28 heavy (non-hydrogen) atoms. The van der Waals surface area contributed by atoms with Gasteiger partial charge in [-0.3, -0.25) is 4.90 Å². The summed E-state index contributed by atoms with van der Waals surface area (Å²) in [6.07, 6.45) is 5.86. The highest BCUT2D eigenvalue weighted by atomic mass is 32.1. The molecule has 1 atom stereocenters. The van der Waals surface area contributed by atoms with Gasteiger partial charge in [-0.2, -0.15) is 0 Å². The van der Waals surface area contributed by atoms with Crippen LogP contribution in [0.5, 0.6) is 0 Å². The lowest BCUT2D eigenvalue weighted by Crippen LogP contribution is -2.49. The largest absolute Gasteiger partial charge is 0.377 e. The highest BCUT2D eigenvalue weighted by Gasteiger charge is 2.40. The summed E-state index contributed by atoms with van der Waals surface area (Å²) in [6, 6.07) is 10.5. The zero-order valence-corrected chi connectivity index (χ0v) is 17.8. The van der Waals surface area contributed by atoms with Gasteiger partial charge in [0.15, 0.2) is 0 Å². The Hall–Kier alpha value is -1.27. The van der Waals surface area contributed by atoms with Gasteiger partial charge >= 0.3 is 0 Å². The van der Waals surface area contributed by atoms with Crippen LogP contribution in [0.15, 0.2) is 35.8 Å². The number of benzene rings is 1. The SMILES string of the molecule is Cc1ncsc1CN1CCC2(CC1)CC(CCOCc1ccccc1)CCO2. The van der Waals surface area contributed by atoms with Gasteiger partial charge in [-0.1, -0.05) is 30.3 Å². The zero-order valence-electron chi connectivity index (χ0n) is 16.9. The van der Waals surface area contributed by atoms with Crippen molar-refractivity contribution in [1.29, 1.82) is 0 Å². The third-order valence-corrected chi connectivity index (χ3v) is 7.28. The zero-order chi connectivity index (χ0) is 19.2. The van der Waals surface area contributed by atoms with E-state index in [9.17, 15) is 0 Å². The quantitative estimate of drug-likeness (QED) is 0.624. The van der Waals surface area contributed by atoms with Crippen molar-refractivity contribution in [1.82, 2.24) is 9.88 Å². The van der Waals surface area contributed by atoms with Crippen molar-refractivity contribution in [3.63, 3.8) is 0 Å². The van der Waals surface area contributed by atoms with E-state index in [2.05, 4.69) is 47.1 Å². The second-order valence-electron chi connectivity index (χ2n) is 8.35. The van der Waals surface area contributed by atoms with Crippen LogP contribution in [0.3, 0.4) is 0 Å². The topological polar surface area (TPSA) is 34.6 Å². The second kappa shape index (κ2) is 9.49. The Morgan fingerprint density at radius 3 is 2.82 bits per heavy atom. The van der Waals surface area contributed by atoms with Crippen LogP contribution in [0.2, 0.25) is 0 Å². The molecular formula is C23H32N2O2S. The maximum Gasteiger partial charge on any atom is 0.0798 e. The standard InChI is InChI=1S/C23H32N2O2S/c1-19-22(28-18-24-19)16-25-11-9-23(10-12-25)15-20(8-14-27-23)7-13-26-17-21-5-3-2-4-6-21/h2-6,18,20H,7-17H2,1H3. The summed E-state index contributed by atoms with van der Waals surface area (Å²) >= 11 is 1.78. The van der Waals surface area contributed by atoms with Crippen LogP contribution in [0.1, 0.15) is 48.2 Å². The Morgan fingerprint density at radius 1 is 1.25 bits per heavy atom. The molecule has 2 fully saturated rings. The highest BCUT2D eigenvalue weighted by molar-refractivity contribution is 7.09. The van der Waals surface area contributed by atoms with Crippen molar-refractivity contribution >= 4 is 11.3 Å². The summed E-state index contributed by atoms with van der Waals surface area (Å²) in [4.78, 5) is 8.37. The molecule has 152 valence electrons. The van der Waals surface area contributed by atoms with E-state index in [0.29, 0.717) is 0 Å². The van der Waals surface area contributed by atoms with E-state index in [1.165, 1.54) is 29.0 Å². The predicted molar refractivity (Wildman–Crippen MR) is 113 cm³/mol. The summed E-state index contributed by atoms with van der Waals surface area (Å²) in [6.45, 7) is 7.92. The Balaban J connectivity index is 1.20. The number of likely N-dealkylation sites (tertiary alicyclic amines) is 1. The molecule has 2 saturated heterocycles. The molecular weight excluding hydrogens is 368 g/mol. The molecule has 0 N–H and O–H groups in total. The van der Waals surface area contributed by atoms with Crippen LogP contribution in [0.25, 0.3) is 0 Å². The molecule has 3 heterocycles. The van der Waals surface area contributed by atoms with E-state index in [4.69, 9.17) is 9.47 Å². The Morgan fingerprint density at radius 2 is 2.07 bits per heavy atom. The van der Waals surface area contributed by atoms with Crippen LogP contribution >= 0.6 is 11.3 Å². The number of aryl methyl sites for hydroxylation is 1. The van der Waals surface area contributed by atoms with Gasteiger partial charge < -0.3 is 9.47 Å². The van der Waals surface area contributed by atoms with E-state index in [1.807, 2.05) is 5.51 Å². The highest BCUT2D eigenvalue weighted by Crippen LogP contribution is 2.39. The molecule has 1 spiro atoms. The number of hydrogen-bond donors (Lipinski definition) is 0. The average Bonchev–Trinajstić information content (AvgIpc) is 3.13. The first-order chi connectivity index (χ1) is 13.7. The summed E-state index contributed by atoms with van der Waals surface area (Å²) in [7, 11) is 0. The second-order valence-corrected chi connectivity index (χ2v) is 9.29. The van der Waals surface area contributed by atoms with Gasteiger partial charge in [0.05, 0.1) is 23.4 Å². The third kappa shape index (κ3) is 5.20. The first-order valence-corrected chi connectivity index (χ1v) is 11.5. The third-order valence-electron chi connectivity index (χ3n) is 6.36. The molecule has 0 aliphatic carbocycles. The van der Waals surface area contributed by atoms with Gasteiger partial charge in [0.1, 0.15) is 0 Å². The molecule has 0 radical (unpaired) electrons. The molecule has 4 rings (SSSR count). The van der Waals surface area contributed by atoms with E-state index in [0.717, 1.165) is 64.6 Å². The minimum Gasteiger partial charge on any atom is -0.377 e.